The summed E-state index contributed by atoms with van der Waals surface area (Å²) >= 11 is 0. The van der Waals surface area contributed by atoms with E-state index in [0.29, 0.717) is 0 Å². The maximum absolute atomic E-state index is 5.20. The minimum atomic E-state index is 0.144. The predicted octanol–water partition coefficient (Wildman–Crippen LogP) is 3.74. The Kier molecular flexibility index (Phi) is 3.67. The van der Waals surface area contributed by atoms with Gasteiger partial charge in [0.1, 0.15) is 17.4 Å². The largest absolute Gasteiger partial charge is 0.497 e. The minimum absolute atomic E-state index is 0.144. The van der Waals surface area contributed by atoms with E-state index < -0.39 is 0 Å². The van der Waals surface area contributed by atoms with Crippen molar-refractivity contribution in [2.45, 2.75) is 6.04 Å². The van der Waals surface area contributed by atoms with Gasteiger partial charge in [-0.15, -0.1) is 0 Å². The number of hydrazine groups is 1. The highest BCUT2D eigenvalue weighted by Crippen LogP contribution is 2.29. The molecule has 3 aromatic rings. The van der Waals surface area contributed by atoms with Crippen molar-refractivity contribution in [3.63, 3.8) is 0 Å². The molecule has 27 heavy (non-hydrogen) atoms. The molecular formula is C21H19N5O. The molecule has 0 saturated heterocycles. The molecule has 6 heteroatoms. The maximum atomic E-state index is 5.20. The van der Waals surface area contributed by atoms with E-state index in [0.717, 1.165) is 35.2 Å². The van der Waals surface area contributed by atoms with Gasteiger partial charge < -0.3 is 9.72 Å². The molecule has 0 spiro atoms. The fourth-order valence-electron chi connectivity index (χ4n) is 3.47. The molecule has 5 rings (SSSR count). The van der Waals surface area contributed by atoms with Crippen LogP contribution in [0.25, 0.3) is 10.9 Å². The number of benzene rings is 2. The average molecular weight is 357 g/mol. The van der Waals surface area contributed by atoms with E-state index >= 15 is 0 Å². The molecule has 1 atom stereocenters. The molecule has 1 aromatic heterocycles. The van der Waals surface area contributed by atoms with Crippen molar-refractivity contribution in [3.05, 3.63) is 72.4 Å². The zero-order chi connectivity index (χ0) is 18.2. The smallest absolute Gasteiger partial charge is 0.145 e. The minimum Gasteiger partial charge on any atom is -0.497 e. The molecular weight excluding hydrogens is 338 g/mol. The van der Waals surface area contributed by atoms with Crippen LogP contribution in [0.5, 0.6) is 5.75 Å². The molecule has 2 N–H and O–H groups in total. The Labute approximate surface area is 156 Å². The summed E-state index contributed by atoms with van der Waals surface area (Å²) < 4.78 is 5.20. The SMILES string of the molecule is COc1ccc(N=C2C=CC3=NCC(c4ccc5[nH]ccc5c4)N3N2)cc1. The lowest BCUT2D eigenvalue weighted by atomic mass is 10.0. The molecule has 0 saturated carbocycles. The molecule has 134 valence electrons. The van der Waals surface area contributed by atoms with Gasteiger partial charge in [-0.1, -0.05) is 6.07 Å². The number of methoxy groups -OCH3 is 1. The number of aromatic nitrogens is 1. The monoisotopic (exact) mass is 357 g/mol. The number of hydrogen-bond acceptors (Lipinski definition) is 4. The lowest BCUT2D eigenvalue weighted by molar-refractivity contribution is 0.311. The van der Waals surface area contributed by atoms with Gasteiger partial charge in [-0.3, -0.25) is 15.4 Å². The van der Waals surface area contributed by atoms with Crippen molar-refractivity contribution in [1.29, 1.82) is 0 Å². The number of nitrogens with zero attached hydrogens (tertiary/aromatic N) is 3. The van der Waals surface area contributed by atoms with Crippen molar-refractivity contribution in [1.82, 2.24) is 15.4 Å². The molecule has 2 aromatic carbocycles. The fourth-order valence-corrected chi connectivity index (χ4v) is 3.47. The summed E-state index contributed by atoms with van der Waals surface area (Å²) in [6.07, 6.45) is 5.93. The summed E-state index contributed by atoms with van der Waals surface area (Å²) in [4.78, 5) is 12.6. The Morgan fingerprint density at radius 1 is 1.11 bits per heavy atom. The molecule has 0 bridgehead atoms. The number of H-pyrrole nitrogens is 1. The Bertz CT molecular complexity index is 1080. The van der Waals surface area contributed by atoms with Crippen LogP contribution in [0, 0.1) is 0 Å². The summed E-state index contributed by atoms with van der Waals surface area (Å²) in [5.41, 5.74) is 6.65. The van der Waals surface area contributed by atoms with Crippen LogP contribution in [0.2, 0.25) is 0 Å². The van der Waals surface area contributed by atoms with Crippen LogP contribution in [-0.4, -0.2) is 35.3 Å². The van der Waals surface area contributed by atoms with Gasteiger partial charge in [-0.25, -0.2) is 4.99 Å². The van der Waals surface area contributed by atoms with E-state index in [-0.39, 0.29) is 6.04 Å². The van der Waals surface area contributed by atoms with Crippen LogP contribution in [0.3, 0.4) is 0 Å². The number of aromatic amines is 1. The number of ether oxygens (including phenoxy) is 1. The number of hydrogen-bond donors (Lipinski definition) is 2. The summed E-state index contributed by atoms with van der Waals surface area (Å²) in [5, 5.41) is 3.30. The number of fused-ring (bicyclic) bond motifs is 2. The lowest BCUT2D eigenvalue weighted by Crippen LogP contribution is -2.47. The third-order valence-electron chi connectivity index (χ3n) is 4.89. The van der Waals surface area contributed by atoms with E-state index in [1.54, 1.807) is 7.11 Å². The molecule has 2 aliphatic heterocycles. The normalized spacial score (nSPS) is 19.9. The summed E-state index contributed by atoms with van der Waals surface area (Å²) in [6, 6.07) is 16.4. The number of aliphatic imine (C=N–C) groups is 2. The molecule has 1 unspecified atom stereocenters. The quantitative estimate of drug-likeness (QED) is 0.751. The molecule has 2 aliphatic rings. The first kappa shape index (κ1) is 15.7. The molecule has 6 nitrogen and oxygen atoms in total. The van der Waals surface area contributed by atoms with Crippen LogP contribution >= 0.6 is 0 Å². The first-order chi connectivity index (χ1) is 13.3. The molecule has 0 radical (unpaired) electrons. The second-order valence-electron chi connectivity index (χ2n) is 6.55. The van der Waals surface area contributed by atoms with Crippen LogP contribution < -0.4 is 10.2 Å². The van der Waals surface area contributed by atoms with Gasteiger partial charge >= 0.3 is 0 Å². The molecule has 0 fully saturated rings. The van der Waals surface area contributed by atoms with Crippen molar-refractivity contribution >= 4 is 28.3 Å². The van der Waals surface area contributed by atoms with Gasteiger partial charge in [0, 0.05) is 11.7 Å². The molecule has 3 heterocycles. The first-order valence-corrected chi connectivity index (χ1v) is 8.88. The third-order valence-corrected chi connectivity index (χ3v) is 4.89. The second-order valence-corrected chi connectivity index (χ2v) is 6.55. The summed E-state index contributed by atoms with van der Waals surface area (Å²) in [6.45, 7) is 0.721. The van der Waals surface area contributed by atoms with Gasteiger partial charge in [-0.05, 0) is 65.6 Å². The lowest BCUT2D eigenvalue weighted by Gasteiger charge is -2.30. The Morgan fingerprint density at radius 2 is 2.00 bits per heavy atom. The van der Waals surface area contributed by atoms with Crippen LogP contribution in [0.4, 0.5) is 5.69 Å². The fraction of sp³-hybridized carbons (Fsp3) is 0.143. The third kappa shape index (κ3) is 2.85. The van der Waals surface area contributed by atoms with E-state index in [1.807, 2.05) is 42.6 Å². The number of nitrogens with one attached hydrogen (secondary N) is 2. The van der Waals surface area contributed by atoms with Crippen LogP contribution in [-0.2, 0) is 0 Å². The Morgan fingerprint density at radius 3 is 2.85 bits per heavy atom. The van der Waals surface area contributed by atoms with Crippen molar-refractivity contribution in [3.8, 4) is 5.75 Å². The van der Waals surface area contributed by atoms with Gasteiger partial charge in [0.05, 0.1) is 25.4 Å². The number of rotatable bonds is 3. The zero-order valence-corrected chi connectivity index (χ0v) is 14.9. The predicted molar refractivity (Wildman–Crippen MR) is 108 cm³/mol. The highest BCUT2D eigenvalue weighted by Gasteiger charge is 2.30. The number of amidine groups is 2. The summed E-state index contributed by atoms with van der Waals surface area (Å²) in [7, 11) is 1.66. The van der Waals surface area contributed by atoms with E-state index in [1.165, 1.54) is 10.9 Å². The van der Waals surface area contributed by atoms with Gasteiger partial charge in [0.25, 0.3) is 0 Å². The van der Waals surface area contributed by atoms with Gasteiger partial charge in [-0.2, -0.15) is 0 Å². The van der Waals surface area contributed by atoms with E-state index in [9.17, 15) is 0 Å². The highest BCUT2D eigenvalue weighted by atomic mass is 16.5. The van der Waals surface area contributed by atoms with Crippen LogP contribution in [0.1, 0.15) is 11.6 Å². The maximum Gasteiger partial charge on any atom is 0.145 e. The average Bonchev–Trinajstić information content (AvgIpc) is 3.34. The second kappa shape index (κ2) is 6.32. The van der Waals surface area contributed by atoms with Gasteiger partial charge in [0.15, 0.2) is 0 Å². The highest BCUT2D eigenvalue weighted by molar-refractivity contribution is 6.07. The van der Waals surface area contributed by atoms with Crippen molar-refractivity contribution in [2.24, 2.45) is 9.98 Å². The zero-order valence-electron chi connectivity index (χ0n) is 14.9. The van der Waals surface area contributed by atoms with Crippen molar-refractivity contribution < 1.29 is 4.74 Å². The Hall–Kier alpha value is -3.54. The van der Waals surface area contributed by atoms with Crippen LogP contribution in [0.15, 0.2) is 76.9 Å². The molecule has 0 amide bonds. The van der Waals surface area contributed by atoms with Crippen molar-refractivity contribution in [2.75, 3.05) is 13.7 Å². The van der Waals surface area contributed by atoms with Gasteiger partial charge in [0.2, 0.25) is 0 Å². The Balaban J connectivity index is 1.41. The summed E-state index contributed by atoms with van der Waals surface area (Å²) in [5.74, 6) is 2.54. The first-order valence-electron chi connectivity index (χ1n) is 8.88. The topological polar surface area (TPSA) is 65.0 Å². The molecule has 0 aliphatic carbocycles. The standard InChI is InChI=1S/C21H19N5O/c1-27-17-5-3-16(4-6-17)24-20-8-9-21-23-13-19(26(21)25-20)15-2-7-18-14(12-15)10-11-22-18/h2-12,19,22H,13H2,1H3,(H,24,25). The van der Waals surface area contributed by atoms with E-state index in [2.05, 4.69) is 49.7 Å². The van der Waals surface area contributed by atoms with E-state index in [4.69, 9.17) is 4.74 Å².